The van der Waals surface area contributed by atoms with E-state index in [1.165, 1.54) is 10.8 Å². The van der Waals surface area contributed by atoms with Crippen molar-refractivity contribution in [2.24, 2.45) is 7.05 Å². The lowest BCUT2D eigenvalue weighted by Crippen LogP contribution is -2.37. The molecule has 0 fully saturated rings. The standard InChI is InChI=1S/C19H21ClN4O4/c1-11-5-7-15(12(2)9-11)21-19(27)22-16(25)10-28-17(26)8-6-14-13(3)23-24(4)18(14)20/h5-9H,10H2,1-4H3,(H2,21,22,25,27)/b8-6+. The number of halogens is 1. The molecule has 0 bridgehead atoms. The van der Waals surface area contributed by atoms with E-state index in [2.05, 4.69) is 15.7 Å². The summed E-state index contributed by atoms with van der Waals surface area (Å²) >= 11 is 6.06. The van der Waals surface area contributed by atoms with Crippen LogP contribution >= 0.6 is 11.6 Å². The number of carbonyl (C=O) groups is 3. The molecule has 2 rings (SSSR count). The lowest BCUT2D eigenvalue weighted by Gasteiger charge is -2.09. The van der Waals surface area contributed by atoms with Crippen LogP contribution in [0.25, 0.3) is 6.08 Å². The van der Waals surface area contributed by atoms with Gasteiger partial charge in [0.25, 0.3) is 5.91 Å². The molecule has 2 aromatic rings. The Bertz CT molecular complexity index is 950. The van der Waals surface area contributed by atoms with E-state index < -0.39 is 24.5 Å². The summed E-state index contributed by atoms with van der Waals surface area (Å²) in [4.78, 5) is 35.4. The number of imide groups is 1. The Balaban J connectivity index is 1.82. The normalized spacial score (nSPS) is 10.8. The van der Waals surface area contributed by atoms with Crippen molar-refractivity contribution in [2.75, 3.05) is 11.9 Å². The van der Waals surface area contributed by atoms with Gasteiger partial charge in [0.05, 0.1) is 5.69 Å². The highest BCUT2D eigenvalue weighted by molar-refractivity contribution is 6.31. The van der Waals surface area contributed by atoms with Gasteiger partial charge in [-0.1, -0.05) is 29.3 Å². The third kappa shape index (κ3) is 5.68. The number of rotatable bonds is 5. The monoisotopic (exact) mass is 404 g/mol. The molecule has 0 aliphatic heterocycles. The van der Waals surface area contributed by atoms with Crippen LogP contribution < -0.4 is 10.6 Å². The predicted octanol–water partition coefficient (Wildman–Crippen LogP) is 2.90. The number of aromatic nitrogens is 2. The smallest absolute Gasteiger partial charge is 0.331 e. The Hall–Kier alpha value is -3.13. The third-order valence-corrected chi connectivity index (χ3v) is 4.26. The van der Waals surface area contributed by atoms with Crippen molar-refractivity contribution in [3.8, 4) is 0 Å². The molecule has 148 valence electrons. The number of hydrogen-bond acceptors (Lipinski definition) is 5. The minimum atomic E-state index is -0.750. The predicted molar refractivity (Wildman–Crippen MR) is 106 cm³/mol. The fourth-order valence-electron chi connectivity index (χ4n) is 2.44. The average molecular weight is 405 g/mol. The van der Waals surface area contributed by atoms with E-state index in [9.17, 15) is 14.4 Å². The average Bonchev–Trinajstić information content (AvgIpc) is 2.86. The van der Waals surface area contributed by atoms with Gasteiger partial charge in [-0.3, -0.25) is 14.8 Å². The molecule has 0 spiro atoms. The van der Waals surface area contributed by atoms with Crippen LogP contribution in [-0.2, 0) is 21.4 Å². The van der Waals surface area contributed by atoms with Crippen molar-refractivity contribution < 1.29 is 19.1 Å². The summed E-state index contributed by atoms with van der Waals surface area (Å²) < 4.78 is 6.29. The zero-order valence-electron chi connectivity index (χ0n) is 16.0. The van der Waals surface area contributed by atoms with E-state index in [1.54, 1.807) is 20.0 Å². The second-order valence-corrected chi connectivity index (χ2v) is 6.53. The Morgan fingerprint density at radius 1 is 1.25 bits per heavy atom. The van der Waals surface area contributed by atoms with E-state index in [1.807, 2.05) is 26.0 Å². The summed E-state index contributed by atoms with van der Waals surface area (Å²) in [5.74, 6) is -1.50. The van der Waals surface area contributed by atoms with Crippen LogP contribution in [0.1, 0.15) is 22.4 Å². The quantitative estimate of drug-likeness (QED) is 0.589. The van der Waals surface area contributed by atoms with Crippen LogP contribution in [-0.4, -0.2) is 34.3 Å². The van der Waals surface area contributed by atoms with Crippen LogP contribution in [0.4, 0.5) is 10.5 Å². The summed E-state index contributed by atoms with van der Waals surface area (Å²) in [5, 5.41) is 9.16. The Kier molecular flexibility index (Phi) is 6.94. The van der Waals surface area contributed by atoms with Gasteiger partial charge in [0.15, 0.2) is 6.61 Å². The number of nitrogens with one attached hydrogen (secondary N) is 2. The molecule has 0 unspecified atom stereocenters. The van der Waals surface area contributed by atoms with Crippen LogP contribution in [0, 0.1) is 20.8 Å². The molecule has 0 saturated heterocycles. The van der Waals surface area contributed by atoms with Crippen molar-refractivity contribution in [1.29, 1.82) is 0 Å². The molecular weight excluding hydrogens is 384 g/mol. The zero-order chi connectivity index (χ0) is 20.8. The number of nitrogens with zero attached hydrogens (tertiary/aromatic N) is 2. The number of hydrogen-bond donors (Lipinski definition) is 2. The Morgan fingerprint density at radius 3 is 2.57 bits per heavy atom. The number of anilines is 1. The molecule has 9 heteroatoms. The molecule has 1 aromatic heterocycles. The lowest BCUT2D eigenvalue weighted by atomic mass is 10.1. The van der Waals surface area contributed by atoms with Gasteiger partial charge in [-0.15, -0.1) is 0 Å². The van der Waals surface area contributed by atoms with Crippen LogP contribution in [0.3, 0.4) is 0 Å². The maximum Gasteiger partial charge on any atom is 0.331 e. The van der Waals surface area contributed by atoms with E-state index in [0.29, 0.717) is 22.1 Å². The Labute approximate surface area is 167 Å². The number of benzene rings is 1. The minimum absolute atomic E-state index is 0.377. The molecule has 1 aromatic carbocycles. The number of esters is 1. The minimum Gasteiger partial charge on any atom is -0.452 e. The van der Waals surface area contributed by atoms with Crippen molar-refractivity contribution >= 4 is 41.3 Å². The summed E-state index contributed by atoms with van der Waals surface area (Å²) in [6.07, 6.45) is 2.59. The fourth-order valence-corrected chi connectivity index (χ4v) is 2.68. The van der Waals surface area contributed by atoms with E-state index in [4.69, 9.17) is 16.3 Å². The lowest BCUT2D eigenvalue weighted by molar-refractivity contribution is -0.143. The zero-order valence-corrected chi connectivity index (χ0v) is 16.8. The van der Waals surface area contributed by atoms with Gasteiger partial charge in [0.2, 0.25) is 0 Å². The molecule has 8 nitrogen and oxygen atoms in total. The fraction of sp³-hybridized carbons (Fsp3) is 0.263. The van der Waals surface area contributed by atoms with Crippen molar-refractivity contribution in [2.45, 2.75) is 20.8 Å². The first-order valence-corrected chi connectivity index (χ1v) is 8.77. The van der Waals surface area contributed by atoms with Crippen LogP contribution in [0.15, 0.2) is 24.3 Å². The summed E-state index contributed by atoms with van der Waals surface area (Å²) in [6, 6.07) is 4.78. The molecule has 0 aliphatic rings. The highest BCUT2D eigenvalue weighted by Crippen LogP contribution is 2.20. The molecule has 0 atom stereocenters. The summed E-state index contributed by atoms with van der Waals surface area (Å²) in [5.41, 5.74) is 3.74. The van der Waals surface area contributed by atoms with Crippen LogP contribution in [0.5, 0.6) is 0 Å². The summed E-state index contributed by atoms with van der Waals surface area (Å²) in [6.45, 7) is 4.93. The van der Waals surface area contributed by atoms with Crippen LogP contribution in [0.2, 0.25) is 5.15 Å². The SMILES string of the molecule is Cc1ccc(NC(=O)NC(=O)COC(=O)/C=C/c2c(C)nn(C)c2Cl)c(C)c1. The van der Waals surface area contributed by atoms with E-state index in [-0.39, 0.29) is 0 Å². The number of carbonyl (C=O) groups excluding carboxylic acids is 3. The number of urea groups is 1. The van der Waals surface area contributed by atoms with Gasteiger partial charge in [-0.25, -0.2) is 9.59 Å². The third-order valence-electron chi connectivity index (χ3n) is 3.81. The molecule has 0 radical (unpaired) electrons. The second kappa shape index (κ2) is 9.18. The molecule has 2 N–H and O–H groups in total. The molecule has 28 heavy (non-hydrogen) atoms. The molecular formula is C19H21ClN4O4. The van der Waals surface area contributed by atoms with Gasteiger partial charge in [0.1, 0.15) is 5.15 Å². The van der Waals surface area contributed by atoms with Gasteiger partial charge in [-0.2, -0.15) is 5.10 Å². The first-order valence-electron chi connectivity index (χ1n) is 8.39. The number of ether oxygens (including phenoxy) is 1. The van der Waals surface area contributed by atoms with Gasteiger partial charge in [-0.05, 0) is 38.5 Å². The number of aryl methyl sites for hydroxylation is 4. The van der Waals surface area contributed by atoms with Gasteiger partial charge >= 0.3 is 12.0 Å². The maximum absolute atomic E-state index is 11.9. The maximum atomic E-state index is 11.9. The molecule has 1 heterocycles. The molecule has 0 aliphatic carbocycles. The second-order valence-electron chi connectivity index (χ2n) is 6.18. The molecule has 3 amide bonds. The van der Waals surface area contributed by atoms with E-state index >= 15 is 0 Å². The topological polar surface area (TPSA) is 102 Å². The Morgan fingerprint density at radius 2 is 1.96 bits per heavy atom. The summed E-state index contributed by atoms with van der Waals surface area (Å²) in [7, 11) is 1.68. The first kappa shape index (κ1) is 21.2. The first-order chi connectivity index (χ1) is 13.2. The van der Waals surface area contributed by atoms with Gasteiger partial charge < -0.3 is 10.1 Å². The number of amides is 3. The molecule has 0 saturated carbocycles. The van der Waals surface area contributed by atoms with Crippen molar-refractivity contribution in [3.63, 3.8) is 0 Å². The van der Waals surface area contributed by atoms with E-state index in [0.717, 1.165) is 17.2 Å². The highest BCUT2D eigenvalue weighted by atomic mass is 35.5. The van der Waals surface area contributed by atoms with Gasteiger partial charge in [0, 0.05) is 24.4 Å². The highest BCUT2D eigenvalue weighted by Gasteiger charge is 2.12. The largest absolute Gasteiger partial charge is 0.452 e. The van der Waals surface area contributed by atoms with Crippen molar-refractivity contribution in [3.05, 3.63) is 51.8 Å². The van der Waals surface area contributed by atoms with Crippen molar-refractivity contribution in [1.82, 2.24) is 15.1 Å².